The second-order valence-electron chi connectivity index (χ2n) is 5.31. The number of methoxy groups -OCH3 is 1. The van der Waals surface area contributed by atoms with Crippen molar-refractivity contribution in [3.05, 3.63) is 50.9 Å². The van der Waals surface area contributed by atoms with E-state index in [0.717, 1.165) is 21.6 Å². The third-order valence-electron chi connectivity index (χ3n) is 3.49. The van der Waals surface area contributed by atoms with Crippen LogP contribution in [0.1, 0.15) is 42.3 Å². The lowest BCUT2D eigenvalue weighted by atomic mass is 10.1. The number of nitrogens with one attached hydrogen (secondary N) is 1. The Bertz CT molecular complexity index is 726. The van der Waals surface area contributed by atoms with E-state index >= 15 is 0 Å². The number of thiophene rings is 1. The normalized spacial score (nSPS) is 10.4. The predicted molar refractivity (Wildman–Crippen MR) is 89.0 cm³/mol. The average Bonchev–Trinajstić information content (AvgIpc) is 2.72. The van der Waals surface area contributed by atoms with E-state index in [0.29, 0.717) is 16.1 Å². The van der Waals surface area contributed by atoms with Crippen molar-refractivity contribution < 1.29 is 14.3 Å². The van der Waals surface area contributed by atoms with Gasteiger partial charge in [-0.2, -0.15) is 0 Å². The van der Waals surface area contributed by atoms with Gasteiger partial charge in [-0.1, -0.05) is 17.2 Å². The van der Waals surface area contributed by atoms with Gasteiger partial charge >= 0.3 is 5.97 Å². The van der Waals surface area contributed by atoms with Gasteiger partial charge in [0.05, 0.1) is 12.7 Å². The molecule has 0 spiro atoms. The molecule has 0 saturated heterocycles. The van der Waals surface area contributed by atoms with Crippen molar-refractivity contribution >= 4 is 28.2 Å². The molecule has 1 aromatic carbocycles. The molecule has 0 fully saturated rings. The Morgan fingerprint density at radius 1 is 1.05 bits per heavy atom. The van der Waals surface area contributed by atoms with Crippen LogP contribution in [0.4, 0.5) is 5.00 Å². The monoisotopic (exact) mass is 317 g/mol. The molecule has 2 rings (SSSR count). The van der Waals surface area contributed by atoms with Crippen LogP contribution >= 0.6 is 11.3 Å². The van der Waals surface area contributed by atoms with Gasteiger partial charge in [-0.15, -0.1) is 11.3 Å². The maximum Gasteiger partial charge on any atom is 0.341 e. The standard InChI is InChI=1S/C17H19NO3S/c1-9-6-10(2)8-13(7-9)15(19)18-16-14(17(20)21-5)11(3)12(4)22-16/h6-8H,1-5H3,(H,18,19). The number of hydrogen-bond donors (Lipinski definition) is 1. The fraction of sp³-hybridized carbons (Fsp3) is 0.294. The minimum absolute atomic E-state index is 0.224. The summed E-state index contributed by atoms with van der Waals surface area (Å²) in [7, 11) is 1.34. The molecule has 0 bridgehead atoms. The minimum Gasteiger partial charge on any atom is -0.465 e. The van der Waals surface area contributed by atoms with Crippen LogP contribution in [0.15, 0.2) is 18.2 Å². The maximum atomic E-state index is 12.4. The van der Waals surface area contributed by atoms with Crippen molar-refractivity contribution in [1.29, 1.82) is 0 Å². The van der Waals surface area contributed by atoms with Crippen molar-refractivity contribution in [2.45, 2.75) is 27.7 Å². The number of rotatable bonds is 3. The van der Waals surface area contributed by atoms with Crippen LogP contribution in [0, 0.1) is 27.7 Å². The first-order valence-corrected chi connectivity index (χ1v) is 7.73. The fourth-order valence-electron chi connectivity index (χ4n) is 2.34. The van der Waals surface area contributed by atoms with E-state index in [-0.39, 0.29) is 5.91 Å². The third kappa shape index (κ3) is 3.20. The molecule has 22 heavy (non-hydrogen) atoms. The Hall–Kier alpha value is -2.14. The third-order valence-corrected chi connectivity index (χ3v) is 4.61. The first-order chi connectivity index (χ1) is 10.3. The van der Waals surface area contributed by atoms with Crippen LogP contribution in [-0.4, -0.2) is 19.0 Å². The maximum absolute atomic E-state index is 12.4. The molecule has 0 aliphatic rings. The highest BCUT2D eigenvalue weighted by Gasteiger charge is 2.22. The number of aryl methyl sites for hydroxylation is 3. The van der Waals surface area contributed by atoms with Crippen LogP contribution in [-0.2, 0) is 4.74 Å². The summed E-state index contributed by atoms with van der Waals surface area (Å²) in [5, 5.41) is 3.37. The minimum atomic E-state index is -0.433. The lowest BCUT2D eigenvalue weighted by Gasteiger charge is -2.08. The van der Waals surface area contributed by atoms with Crippen molar-refractivity contribution in [2.24, 2.45) is 0 Å². The lowest BCUT2D eigenvalue weighted by molar-refractivity contribution is 0.0601. The van der Waals surface area contributed by atoms with Gasteiger partial charge < -0.3 is 10.1 Å². The van der Waals surface area contributed by atoms with Gasteiger partial charge in [0.2, 0.25) is 0 Å². The van der Waals surface area contributed by atoms with Gasteiger partial charge in [0.1, 0.15) is 5.00 Å². The molecule has 1 aromatic heterocycles. The molecule has 0 atom stereocenters. The van der Waals surface area contributed by atoms with Crippen molar-refractivity contribution in [2.75, 3.05) is 12.4 Å². The van der Waals surface area contributed by atoms with Crippen LogP contribution in [0.2, 0.25) is 0 Å². The molecule has 5 heteroatoms. The molecule has 1 heterocycles. The molecular formula is C17H19NO3S. The SMILES string of the molecule is COC(=O)c1c(NC(=O)c2cc(C)cc(C)c2)sc(C)c1C. The molecule has 0 aliphatic heterocycles. The molecule has 0 unspecified atom stereocenters. The molecule has 1 N–H and O–H groups in total. The Labute approximate surface area is 134 Å². The second-order valence-corrected chi connectivity index (χ2v) is 6.53. The summed E-state index contributed by atoms with van der Waals surface area (Å²) in [4.78, 5) is 25.4. The zero-order chi connectivity index (χ0) is 16.4. The molecule has 116 valence electrons. The summed E-state index contributed by atoms with van der Waals surface area (Å²) in [5.41, 5.74) is 3.90. The highest BCUT2D eigenvalue weighted by atomic mass is 32.1. The number of carbonyl (C=O) groups excluding carboxylic acids is 2. The van der Waals surface area contributed by atoms with E-state index in [1.54, 1.807) is 0 Å². The molecular weight excluding hydrogens is 298 g/mol. The fourth-order valence-corrected chi connectivity index (χ4v) is 3.39. The zero-order valence-corrected chi connectivity index (χ0v) is 14.2. The zero-order valence-electron chi connectivity index (χ0n) is 13.4. The van der Waals surface area contributed by atoms with Crippen LogP contribution in [0.5, 0.6) is 0 Å². The van der Waals surface area contributed by atoms with Gasteiger partial charge in [-0.3, -0.25) is 4.79 Å². The Kier molecular flexibility index (Phi) is 4.66. The van der Waals surface area contributed by atoms with E-state index in [2.05, 4.69) is 5.32 Å². The van der Waals surface area contributed by atoms with Crippen LogP contribution in [0.25, 0.3) is 0 Å². The molecule has 0 aliphatic carbocycles. The lowest BCUT2D eigenvalue weighted by Crippen LogP contribution is -2.14. The highest BCUT2D eigenvalue weighted by molar-refractivity contribution is 7.16. The van der Waals surface area contributed by atoms with E-state index in [1.807, 2.05) is 45.9 Å². The summed E-state index contributed by atoms with van der Waals surface area (Å²) < 4.78 is 4.81. The Morgan fingerprint density at radius 3 is 2.18 bits per heavy atom. The number of amides is 1. The van der Waals surface area contributed by atoms with Gasteiger partial charge in [0.25, 0.3) is 5.91 Å². The van der Waals surface area contributed by atoms with E-state index < -0.39 is 5.97 Å². The van der Waals surface area contributed by atoms with Gasteiger partial charge in [0, 0.05) is 10.4 Å². The van der Waals surface area contributed by atoms with Gasteiger partial charge in [0.15, 0.2) is 0 Å². The summed E-state index contributed by atoms with van der Waals surface area (Å²) >= 11 is 1.38. The average molecular weight is 317 g/mol. The van der Waals surface area contributed by atoms with Gasteiger partial charge in [-0.25, -0.2) is 4.79 Å². The second kappa shape index (κ2) is 6.32. The molecule has 0 saturated carbocycles. The highest BCUT2D eigenvalue weighted by Crippen LogP contribution is 2.33. The number of ether oxygens (including phenoxy) is 1. The Balaban J connectivity index is 2.36. The van der Waals surface area contributed by atoms with Crippen LogP contribution in [0.3, 0.4) is 0 Å². The number of anilines is 1. The molecule has 4 nitrogen and oxygen atoms in total. The largest absolute Gasteiger partial charge is 0.465 e. The summed E-state index contributed by atoms with van der Waals surface area (Å²) in [6, 6.07) is 5.66. The number of carbonyl (C=O) groups is 2. The molecule has 1 amide bonds. The van der Waals surface area contributed by atoms with E-state index in [4.69, 9.17) is 4.74 Å². The Morgan fingerprint density at radius 2 is 1.64 bits per heavy atom. The number of benzene rings is 1. The van der Waals surface area contributed by atoms with Crippen molar-refractivity contribution in [3.63, 3.8) is 0 Å². The topological polar surface area (TPSA) is 55.4 Å². The predicted octanol–water partition coefficient (Wildman–Crippen LogP) is 4.02. The van der Waals surface area contributed by atoms with E-state index in [1.165, 1.54) is 18.4 Å². The van der Waals surface area contributed by atoms with E-state index in [9.17, 15) is 9.59 Å². The smallest absolute Gasteiger partial charge is 0.341 e. The first kappa shape index (κ1) is 16.2. The number of hydrogen-bond acceptors (Lipinski definition) is 4. The van der Waals surface area contributed by atoms with Crippen molar-refractivity contribution in [1.82, 2.24) is 0 Å². The summed E-state index contributed by atoms with van der Waals surface area (Å²) in [6.45, 7) is 7.66. The van der Waals surface area contributed by atoms with Gasteiger partial charge in [-0.05, 0) is 45.4 Å². The quantitative estimate of drug-likeness (QED) is 0.870. The molecule has 0 radical (unpaired) electrons. The van der Waals surface area contributed by atoms with Crippen LogP contribution < -0.4 is 5.32 Å². The summed E-state index contributed by atoms with van der Waals surface area (Å²) in [6.07, 6.45) is 0. The first-order valence-electron chi connectivity index (χ1n) is 6.91. The molecule has 2 aromatic rings. The van der Waals surface area contributed by atoms with Crippen molar-refractivity contribution in [3.8, 4) is 0 Å². The number of esters is 1. The summed E-state index contributed by atoms with van der Waals surface area (Å²) in [5.74, 6) is -0.657.